The van der Waals surface area contributed by atoms with Crippen LogP contribution in [0, 0.1) is 0 Å². The lowest BCUT2D eigenvalue weighted by molar-refractivity contribution is 0.404. The summed E-state index contributed by atoms with van der Waals surface area (Å²) in [5.74, 6) is 0. The molecular weight excluding hydrogens is 184 g/mol. The summed E-state index contributed by atoms with van der Waals surface area (Å²) in [4.78, 5) is 0.711. The quantitative estimate of drug-likeness (QED) is 0.639. The zero-order chi connectivity index (χ0) is 9.10. The maximum absolute atomic E-state index is 11.5. The largest absolute Gasteiger partial charge is 0.607 e. The molecule has 1 unspecified atom stereocenters. The van der Waals surface area contributed by atoms with Crippen molar-refractivity contribution in [2.75, 3.05) is 0 Å². The average Bonchev–Trinajstić information content (AvgIpc) is 2.20. The van der Waals surface area contributed by atoms with Gasteiger partial charge in [0, 0.05) is 16.7 Å². The Morgan fingerprint density at radius 1 is 1.15 bits per heavy atom. The van der Waals surface area contributed by atoms with Gasteiger partial charge in [-0.1, -0.05) is 18.2 Å². The van der Waals surface area contributed by atoms with Crippen molar-refractivity contribution in [1.82, 2.24) is 0 Å². The summed E-state index contributed by atoms with van der Waals surface area (Å²) in [5.41, 5.74) is 0.935. The van der Waals surface area contributed by atoms with Gasteiger partial charge in [-0.25, -0.2) is 0 Å². The van der Waals surface area contributed by atoms with Crippen molar-refractivity contribution < 1.29 is 9.29 Å². The van der Waals surface area contributed by atoms with E-state index in [0.717, 1.165) is 5.56 Å². The van der Waals surface area contributed by atoms with Crippen molar-refractivity contribution in [3.05, 3.63) is 53.8 Å². The molecule has 0 aromatic heterocycles. The summed E-state index contributed by atoms with van der Waals surface area (Å²) in [5, 5.41) is 1.53. The number of ether oxygens (including phenoxy) is 1. The second-order valence-electron chi connectivity index (χ2n) is 2.55. The lowest BCUT2D eigenvalue weighted by Gasteiger charge is -2.11. The molecule has 66 valence electrons. The van der Waals surface area contributed by atoms with Gasteiger partial charge in [-0.3, -0.25) is 0 Å². The molecule has 1 aliphatic heterocycles. The average molecular weight is 192 g/mol. The Labute approximate surface area is 79.7 Å². The standard InChI is InChI=1S/C10H8O2S/c11-13-7-6-12-8-10(13)9-4-2-1-3-5-9/h1-8H. The Bertz CT molecular complexity index is 343. The molecule has 2 rings (SSSR count). The second-order valence-corrected chi connectivity index (χ2v) is 3.86. The van der Waals surface area contributed by atoms with Crippen molar-refractivity contribution >= 4 is 16.1 Å². The Hall–Kier alpha value is -1.19. The molecule has 0 radical (unpaired) electrons. The summed E-state index contributed by atoms with van der Waals surface area (Å²) in [7, 11) is 0. The first kappa shape index (κ1) is 8.41. The van der Waals surface area contributed by atoms with Crippen molar-refractivity contribution in [1.29, 1.82) is 0 Å². The maximum atomic E-state index is 11.5. The third-order valence-electron chi connectivity index (χ3n) is 1.71. The predicted octanol–water partition coefficient (Wildman–Crippen LogP) is 2.24. The maximum Gasteiger partial charge on any atom is 0.200 e. The number of hydrogen-bond donors (Lipinski definition) is 0. The Morgan fingerprint density at radius 3 is 2.62 bits per heavy atom. The highest BCUT2D eigenvalue weighted by Gasteiger charge is 2.17. The monoisotopic (exact) mass is 192 g/mol. The van der Waals surface area contributed by atoms with Crippen LogP contribution in [-0.2, 0) is 15.9 Å². The molecule has 1 aromatic rings. The molecule has 0 spiro atoms. The van der Waals surface area contributed by atoms with Crippen molar-refractivity contribution in [2.24, 2.45) is 0 Å². The van der Waals surface area contributed by atoms with Crippen molar-refractivity contribution in [3.63, 3.8) is 0 Å². The molecule has 1 aromatic carbocycles. The predicted molar refractivity (Wildman–Crippen MR) is 52.8 cm³/mol. The van der Waals surface area contributed by atoms with E-state index in [9.17, 15) is 4.55 Å². The van der Waals surface area contributed by atoms with Gasteiger partial charge >= 0.3 is 0 Å². The highest BCUT2D eigenvalue weighted by atomic mass is 32.2. The molecule has 0 saturated heterocycles. The number of rotatable bonds is 1. The second kappa shape index (κ2) is 3.68. The molecule has 3 heteroatoms. The van der Waals surface area contributed by atoms with E-state index in [-0.39, 0.29) is 0 Å². The Balaban J connectivity index is 2.32. The first-order valence-corrected chi connectivity index (χ1v) is 5.07. The summed E-state index contributed by atoms with van der Waals surface area (Å²) < 4.78 is 16.4. The molecule has 0 bridgehead atoms. The van der Waals surface area contributed by atoms with Gasteiger partial charge in [0.15, 0.2) is 10.3 Å². The SMILES string of the molecule is [O-][S+]1C=COC=C1c1ccccc1. The smallest absolute Gasteiger partial charge is 0.200 e. The van der Waals surface area contributed by atoms with Crippen LogP contribution >= 0.6 is 0 Å². The molecule has 0 N–H and O–H groups in total. The molecular formula is C10H8O2S. The summed E-state index contributed by atoms with van der Waals surface area (Å²) in [6.07, 6.45) is 2.95. The van der Waals surface area contributed by atoms with Gasteiger partial charge in [0.05, 0.1) is 0 Å². The van der Waals surface area contributed by atoms with Gasteiger partial charge in [-0.15, -0.1) is 0 Å². The zero-order valence-corrected chi connectivity index (χ0v) is 7.66. The fourth-order valence-electron chi connectivity index (χ4n) is 1.09. The zero-order valence-electron chi connectivity index (χ0n) is 6.84. The molecule has 0 amide bonds. The van der Waals surface area contributed by atoms with E-state index in [1.165, 1.54) is 17.9 Å². The highest BCUT2D eigenvalue weighted by molar-refractivity contribution is 8.03. The summed E-state index contributed by atoms with van der Waals surface area (Å²) >= 11 is -1.07. The van der Waals surface area contributed by atoms with Gasteiger partial charge < -0.3 is 9.29 Å². The fourth-order valence-corrected chi connectivity index (χ4v) is 1.92. The van der Waals surface area contributed by atoms with Crippen LogP contribution < -0.4 is 0 Å². The summed E-state index contributed by atoms with van der Waals surface area (Å²) in [6, 6.07) is 9.56. The van der Waals surface area contributed by atoms with E-state index in [1.807, 2.05) is 30.3 Å². The normalized spacial score (nSPS) is 20.7. The molecule has 0 fully saturated rings. The first-order valence-electron chi connectivity index (χ1n) is 3.86. The molecule has 0 aliphatic carbocycles. The van der Waals surface area contributed by atoms with Crippen LogP contribution in [0.4, 0.5) is 0 Å². The molecule has 0 saturated carbocycles. The minimum atomic E-state index is -1.07. The van der Waals surface area contributed by atoms with Crippen LogP contribution in [0.15, 0.2) is 48.3 Å². The van der Waals surface area contributed by atoms with Gasteiger partial charge in [0.25, 0.3) is 0 Å². The third-order valence-corrected chi connectivity index (χ3v) is 2.83. The van der Waals surface area contributed by atoms with Gasteiger partial charge in [0.2, 0.25) is 0 Å². The summed E-state index contributed by atoms with van der Waals surface area (Å²) in [6.45, 7) is 0. The van der Waals surface area contributed by atoms with E-state index in [2.05, 4.69) is 0 Å². The van der Waals surface area contributed by atoms with Crippen LogP contribution in [0.2, 0.25) is 0 Å². The highest BCUT2D eigenvalue weighted by Crippen LogP contribution is 2.24. The minimum Gasteiger partial charge on any atom is -0.607 e. The van der Waals surface area contributed by atoms with Gasteiger partial charge in [-0.2, -0.15) is 0 Å². The van der Waals surface area contributed by atoms with Crippen LogP contribution in [0.3, 0.4) is 0 Å². The van der Waals surface area contributed by atoms with E-state index in [0.29, 0.717) is 4.91 Å². The van der Waals surface area contributed by atoms with Crippen LogP contribution in [0.1, 0.15) is 5.56 Å². The van der Waals surface area contributed by atoms with Crippen LogP contribution in [0.25, 0.3) is 4.91 Å². The van der Waals surface area contributed by atoms with Gasteiger partial charge in [0.1, 0.15) is 12.5 Å². The number of hydrogen-bond acceptors (Lipinski definition) is 2. The minimum absolute atomic E-state index is 0.711. The fraction of sp³-hybridized carbons (Fsp3) is 0. The van der Waals surface area contributed by atoms with E-state index in [4.69, 9.17) is 4.74 Å². The Morgan fingerprint density at radius 2 is 1.92 bits per heavy atom. The van der Waals surface area contributed by atoms with E-state index >= 15 is 0 Å². The molecule has 1 aliphatic rings. The topological polar surface area (TPSA) is 32.3 Å². The molecule has 13 heavy (non-hydrogen) atoms. The van der Waals surface area contributed by atoms with Crippen molar-refractivity contribution in [2.45, 2.75) is 0 Å². The lowest BCUT2D eigenvalue weighted by atomic mass is 10.2. The molecule has 2 nitrogen and oxygen atoms in total. The molecule has 1 atom stereocenters. The third kappa shape index (κ3) is 1.76. The first-order chi connectivity index (χ1) is 6.38. The lowest BCUT2D eigenvalue weighted by Crippen LogP contribution is -2.03. The van der Waals surface area contributed by atoms with Crippen molar-refractivity contribution in [3.8, 4) is 0 Å². The van der Waals surface area contributed by atoms with E-state index in [1.54, 1.807) is 0 Å². The Kier molecular flexibility index (Phi) is 2.38. The van der Waals surface area contributed by atoms with Crippen LogP contribution in [-0.4, -0.2) is 4.55 Å². The number of benzene rings is 1. The van der Waals surface area contributed by atoms with Crippen LogP contribution in [0.5, 0.6) is 0 Å². The van der Waals surface area contributed by atoms with E-state index < -0.39 is 11.2 Å². The van der Waals surface area contributed by atoms with Gasteiger partial charge in [-0.05, 0) is 12.1 Å². The molecule has 1 heterocycles.